The molecule has 7 heteroatoms. The van der Waals surface area contributed by atoms with Crippen molar-refractivity contribution >= 4 is 0 Å². The number of rotatable bonds is 1. The smallest absolute Gasteiger partial charge is 0.328 e. The highest BCUT2D eigenvalue weighted by Gasteiger charge is 2.47. The van der Waals surface area contributed by atoms with E-state index >= 15 is 0 Å². The average molecular weight is 296 g/mol. The third-order valence-electron chi connectivity index (χ3n) is 4.09. The van der Waals surface area contributed by atoms with Crippen LogP contribution in [0.25, 0.3) is 0 Å². The van der Waals surface area contributed by atoms with Crippen LogP contribution in [0.15, 0.2) is 15.8 Å². The molecule has 0 radical (unpaired) electrons. The van der Waals surface area contributed by atoms with Gasteiger partial charge in [0.2, 0.25) is 0 Å². The molecule has 0 saturated carbocycles. The highest BCUT2D eigenvalue weighted by Crippen LogP contribution is 2.37. The number of nitrogens with one attached hydrogen (secondary N) is 1. The molecule has 3 rings (SSSR count). The van der Waals surface area contributed by atoms with Crippen LogP contribution in [0.4, 0.5) is 0 Å². The van der Waals surface area contributed by atoms with Gasteiger partial charge < -0.3 is 14.2 Å². The van der Waals surface area contributed by atoms with Crippen molar-refractivity contribution < 1.29 is 14.2 Å². The Bertz CT molecular complexity index is 650. The molecule has 2 aliphatic rings. The molecule has 21 heavy (non-hydrogen) atoms. The van der Waals surface area contributed by atoms with Gasteiger partial charge in [-0.3, -0.25) is 14.3 Å². The molecule has 1 aromatic rings. The van der Waals surface area contributed by atoms with Crippen LogP contribution in [0, 0.1) is 6.92 Å². The Morgan fingerprint density at radius 1 is 1.24 bits per heavy atom. The van der Waals surface area contributed by atoms with Crippen LogP contribution in [-0.2, 0) is 14.2 Å². The number of hydrogen-bond acceptors (Lipinski definition) is 5. The molecule has 2 aliphatic heterocycles. The third kappa shape index (κ3) is 2.68. The standard InChI is InChI=1S/C14H20N2O5/c1-9-5-16(12(18)15-11(9)17)10-4-14(19-6-10)7-20-13(2,3)21-8-14/h5,10H,4,6-8H2,1-3H3,(H,15,17,18)/t10-/m0/s1. The molecule has 2 fully saturated rings. The van der Waals surface area contributed by atoms with Crippen molar-refractivity contribution in [2.24, 2.45) is 0 Å². The van der Waals surface area contributed by atoms with Gasteiger partial charge in [0.05, 0.1) is 25.9 Å². The second-order valence-electron chi connectivity index (χ2n) is 6.31. The molecular weight excluding hydrogens is 276 g/mol. The van der Waals surface area contributed by atoms with Crippen molar-refractivity contribution in [2.75, 3.05) is 19.8 Å². The summed E-state index contributed by atoms with van der Waals surface area (Å²) in [6, 6.07) is -0.124. The van der Waals surface area contributed by atoms with Crippen molar-refractivity contribution in [3.63, 3.8) is 0 Å². The largest absolute Gasteiger partial charge is 0.368 e. The molecule has 1 atom stereocenters. The van der Waals surface area contributed by atoms with E-state index in [1.165, 1.54) is 4.57 Å². The van der Waals surface area contributed by atoms with Gasteiger partial charge in [-0.1, -0.05) is 0 Å². The third-order valence-corrected chi connectivity index (χ3v) is 4.09. The van der Waals surface area contributed by atoms with Crippen LogP contribution in [0.3, 0.4) is 0 Å². The monoisotopic (exact) mass is 296 g/mol. The summed E-state index contributed by atoms with van der Waals surface area (Å²) < 4.78 is 18.7. The Hall–Kier alpha value is -1.44. The minimum atomic E-state index is -0.599. The number of aromatic nitrogens is 2. The first kappa shape index (κ1) is 14.5. The van der Waals surface area contributed by atoms with Crippen molar-refractivity contribution in [3.8, 4) is 0 Å². The van der Waals surface area contributed by atoms with Gasteiger partial charge in [-0.2, -0.15) is 0 Å². The number of aryl methyl sites for hydroxylation is 1. The first-order valence-electron chi connectivity index (χ1n) is 7.04. The van der Waals surface area contributed by atoms with E-state index in [0.717, 1.165) is 0 Å². The SMILES string of the molecule is Cc1cn([C@@H]2COC3(COC(C)(C)OC3)C2)c(=O)[nH]c1=O. The number of hydrogen-bond donors (Lipinski definition) is 1. The van der Waals surface area contributed by atoms with E-state index in [1.807, 2.05) is 13.8 Å². The van der Waals surface area contributed by atoms with Gasteiger partial charge >= 0.3 is 5.69 Å². The summed E-state index contributed by atoms with van der Waals surface area (Å²) in [5, 5.41) is 0. The molecule has 0 unspecified atom stereocenters. The normalized spacial score (nSPS) is 27.1. The van der Waals surface area contributed by atoms with Crippen LogP contribution in [-0.4, -0.2) is 40.8 Å². The predicted molar refractivity (Wildman–Crippen MR) is 74.4 cm³/mol. The second-order valence-corrected chi connectivity index (χ2v) is 6.31. The fourth-order valence-corrected chi connectivity index (χ4v) is 2.75. The zero-order valence-corrected chi connectivity index (χ0v) is 12.5. The Morgan fingerprint density at radius 2 is 1.90 bits per heavy atom. The zero-order chi connectivity index (χ0) is 15.3. The maximum atomic E-state index is 11.9. The van der Waals surface area contributed by atoms with Crippen molar-refractivity contribution in [2.45, 2.75) is 44.6 Å². The van der Waals surface area contributed by atoms with Crippen LogP contribution >= 0.6 is 0 Å². The van der Waals surface area contributed by atoms with E-state index in [-0.39, 0.29) is 11.6 Å². The van der Waals surface area contributed by atoms with E-state index < -0.39 is 17.1 Å². The molecule has 0 amide bonds. The predicted octanol–water partition coefficient (Wildman–Crippen LogP) is 0.328. The summed E-state index contributed by atoms with van der Waals surface area (Å²) in [5.41, 5.74) is -0.762. The van der Waals surface area contributed by atoms with Crippen LogP contribution in [0.5, 0.6) is 0 Å². The number of nitrogens with zero attached hydrogens (tertiary/aromatic N) is 1. The number of aromatic amines is 1. The fourth-order valence-electron chi connectivity index (χ4n) is 2.75. The van der Waals surface area contributed by atoms with Gasteiger partial charge in [-0.25, -0.2) is 4.79 Å². The maximum absolute atomic E-state index is 11.9. The molecule has 0 aliphatic carbocycles. The van der Waals surface area contributed by atoms with Crippen LogP contribution in [0.2, 0.25) is 0 Å². The van der Waals surface area contributed by atoms with Gasteiger partial charge in [0, 0.05) is 18.2 Å². The molecule has 2 saturated heterocycles. The second kappa shape index (κ2) is 4.79. The maximum Gasteiger partial charge on any atom is 0.328 e. The lowest BCUT2D eigenvalue weighted by Crippen LogP contribution is -2.51. The summed E-state index contributed by atoms with van der Waals surface area (Å²) in [6.45, 7) is 6.68. The molecule has 1 spiro atoms. The highest BCUT2D eigenvalue weighted by atomic mass is 16.7. The van der Waals surface area contributed by atoms with Crippen molar-refractivity contribution in [1.82, 2.24) is 9.55 Å². The molecule has 116 valence electrons. The van der Waals surface area contributed by atoms with Gasteiger partial charge in [0.1, 0.15) is 5.60 Å². The Balaban J connectivity index is 1.81. The Labute approximate surface area is 121 Å². The Kier molecular flexibility index (Phi) is 3.31. The molecule has 7 nitrogen and oxygen atoms in total. The fraction of sp³-hybridized carbons (Fsp3) is 0.714. The lowest BCUT2D eigenvalue weighted by molar-refractivity contribution is -0.301. The van der Waals surface area contributed by atoms with Gasteiger partial charge in [0.15, 0.2) is 5.79 Å². The van der Waals surface area contributed by atoms with E-state index in [9.17, 15) is 9.59 Å². The summed E-state index contributed by atoms with van der Waals surface area (Å²) in [5.74, 6) is -0.599. The van der Waals surface area contributed by atoms with Gasteiger partial charge in [-0.15, -0.1) is 0 Å². The summed E-state index contributed by atoms with van der Waals surface area (Å²) >= 11 is 0. The van der Waals surface area contributed by atoms with Crippen LogP contribution in [0.1, 0.15) is 31.9 Å². The van der Waals surface area contributed by atoms with E-state index in [1.54, 1.807) is 13.1 Å². The lowest BCUT2D eigenvalue weighted by Gasteiger charge is -2.40. The van der Waals surface area contributed by atoms with Gasteiger partial charge in [0.25, 0.3) is 5.56 Å². The first-order chi connectivity index (χ1) is 9.80. The number of ether oxygens (including phenoxy) is 3. The number of H-pyrrole nitrogens is 1. The van der Waals surface area contributed by atoms with Crippen molar-refractivity contribution in [3.05, 3.63) is 32.6 Å². The van der Waals surface area contributed by atoms with Crippen molar-refractivity contribution in [1.29, 1.82) is 0 Å². The summed E-state index contributed by atoms with van der Waals surface area (Å²) in [7, 11) is 0. The quantitative estimate of drug-likeness (QED) is 0.807. The summed E-state index contributed by atoms with van der Waals surface area (Å²) in [4.78, 5) is 25.7. The zero-order valence-electron chi connectivity index (χ0n) is 12.5. The van der Waals surface area contributed by atoms with Crippen LogP contribution < -0.4 is 11.2 Å². The topological polar surface area (TPSA) is 82.6 Å². The molecule has 0 aromatic carbocycles. The lowest BCUT2D eigenvalue weighted by atomic mass is 9.98. The van der Waals surface area contributed by atoms with E-state index in [4.69, 9.17) is 14.2 Å². The van der Waals surface area contributed by atoms with Gasteiger partial charge in [-0.05, 0) is 20.8 Å². The van der Waals surface area contributed by atoms with E-state index in [0.29, 0.717) is 31.8 Å². The minimum absolute atomic E-state index is 0.124. The average Bonchev–Trinajstić information content (AvgIpc) is 2.83. The first-order valence-corrected chi connectivity index (χ1v) is 7.04. The molecule has 3 heterocycles. The van der Waals surface area contributed by atoms with E-state index in [2.05, 4.69) is 4.98 Å². The minimum Gasteiger partial charge on any atom is -0.368 e. The molecule has 0 bridgehead atoms. The molecule has 1 N–H and O–H groups in total. The highest BCUT2D eigenvalue weighted by molar-refractivity contribution is 5.04. The molecular formula is C14H20N2O5. The Morgan fingerprint density at radius 3 is 2.57 bits per heavy atom. The summed E-state index contributed by atoms with van der Waals surface area (Å²) in [6.07, 6.45) is 2.21. The molecule has 1 aromatic heterocycles.